The van der Waals surface area contributed by atoms with Crippen molar-refractivity contribution in [3.63, 3.8) is 0 Å². The molecule has 11 heavy (non-hydrogen) atoms. The van der Waals surface area contributed by atoms with Gasteiger partial charge in [-0.3, -0.25) is 4.98 Å². The molecule has 0 radical (unpaired) electrons. The van der Waals surface area contributed by atoms with E-state index in [9.17, 15) is 0 Å². The molecule has 1 aromatic rings. The van der Waals surface area contributed by atoms with Crippen molar-refractivity contribution >= 4 is 46.5 Å². The number of aromatic nitrogens is 1. The predicted octanol–water partition coefficient (Wildman–Crippen LogP) is 1.06. The fourth-order valence-electron chi connectivity index (χ4n) is 0.363. The summed E-state index contributed by atoms with van der Waals surface area (Å²) in [5.41, 5.74) is 6.08. The van der Waals surface area contributed by atoms with Crippen LogP contribution in [0.4, 0.5) is 5.69 Å². The number of anilines is 1. The molecule has 1 rings (SSSR count). The fraction of sp³-hybridized carbons (Fsp3) is 0. The molecule has 0 bridgehead atoms. The van der Waals surface area contributed by atoms with Crippen molar-refractivity contribution < 1.29 is 3.84 Å². The average Bonchev–Trinajstić information content (AvgIpc) is 1.91. The summed E-state index contributed by atoms with van der Waals surface area (Å²) in [6.07, 6.45) is 3.32. The molecule has 0 aliphatic heterocycles. The summed E-state index contributed by atoms with van der Waals surface area (Å²) in [6.45, 7) is 0. The molecule has 0 fully saturated rings. The number of nitrogens with two attached hydrogens (primary N) is 1. The molecular weight excluding hydrogens is 254 g/mol. The Morgan fingerprint density at radius 1 is 1.27 bits per heavy atom. The van der Waals surface area contributed by atoms with Crippen molar-refractivity contribution in [1.82, 2.24) is 4.98 Å². The van der Waals surface area contributed by atoms with Gasteiger partial charge in [-0.05, 0) is 12.1 Å². The maximum absolute atomic E-state index is 5.32. The second kappa shape index (κ2) is 10.0. The van der Waals surface area contributed by atoms with Crippen LogP contribution in [0.15, 0.2) is 24.5 Å². The van der Waals surface area contributed by atoms with Crippen molar-refractivity contribution in [2.75, 3.05) is 5.73 Å². The minimum absolute atomic E-state index is 0. The third-order valence-corrected chi connectivity index (χ3v) is 0.706. The molecule has 0 aliphatic rings. The maximum atomic E-state index is 5.32. The molecule has 6 heteroatoms. The first-order valence-corrected chi connectivity index (χ1v) is 2.97. The van der Waals surface area contributed by atoms with E-state index >= 15 is 0 Å². The third kappa shape index (κ3) is 10.0. The summed E-state index contributed by atoms with van der Waals surface area (Å²) in [7, 11) is 0. The quantitative estimate of drug-likeness (QED) is 0.711. The van der Waals surface area contributed by atoms with E-state index in [-0.39, 0.29) is 17.1 Å². The number of nitrogen functional groups attached to an aromatic ring is 1. The van der Waals surface area contributed by atoms with Crippen LogP contribution < -0.4 is 5.73 Å². The van der Waals surface area contributed by atoms with Crippen LogP contribution in [-0.2, 0) is 3.84 Å². The summed E-state index contributed by atoms with van der Waals surface area (Å²) in [5, 5.41) is 0. The van der Waals surface area contributed by atoms with E-state index in [4.69, 9.17) is 5.73 Å². The van der Waals surface area contributed by atoms with E-state index in [0.717, 1.165) is 5.69 Å². The van der Waals surface area contributed by atoms with Crippen molar-refractivity contribution in [3.05, 3.63) is 24.5 Å². The van der Waals surface area contributed by atoms with Crippen LogP contribution in [0.1, 0.15) is 0 Å². The van der Waals surface area contributed by atoms with E-state index in [1.165, 1.54) is 0 Å². The topological polar surface area (TPSA) is 48.1 Å². The molecule has 3 nitrogen and oxygen atoms in total. The first-order valence-electron chi connectivity index (χ1n) is 2.36. The molecule has 0 spiro atoms. The molecule has 64 valence electrons. The zero-order valence-electron chi connectivity index (χ0n) is 5.50. The van der Waals surface area contributed by atoms with Crippen LogP contribution in [0.3, 0.4) is 0 Å². The SMILES string of the molecule is ClOCl.Nc1ccncc1.[SeH2]. The van der Waals surface area contributed by atoms with Crippen LogP contribution in [0.25, 0.3) is 0 Å². The van der Waals surface area contributed by atoms with Gasteiger partial charge in [0.15, 0.2) is 0 Å². The molecule has 0 atom stereocenters. The van der Waals surface area contributed by atoms with E-state index in [1.807, 2.05) is 0 Å². The van der Waals surface area contributed by atoms with Gasteiger partial charge in [0.2, 0.25) is 0 Å². The Labute approximate surface area is 85.7 Å². The Morgan fingerprint density at radius 2 is 1.64 bits per heavy atom. The third-order valence-electron chi connectivity index (χ3n) is 0.706. The van der Waals surface area contributed by atoms with Crippen LogP contribution >= 0.6 is 23.7 Å². The van der Waals surface area contributed by atoms with E-state index < -0.39 is 0 Å². The summed E-state index contributed by atoms with van der Waals surface area (Å²) in [6, 6.07) is 3.50. The summed E-state index contributed by atoms with van der Waals surface area (Å²) in [4.78, 5) is 3.77. The molecular formula is C5H8Cl2N2OSe. The molecule has 0 unspecified atom stereocenters. The monoisotopic (exact) mass is 262 g/mol. The van der Waals surface area contributed by atoms with Gasteiger partial charge in [-0.2, -0.15) is 3.84 Å². The van der Waals surface area contributed by atoms with Gasteiger partial charge < -0.3 is 5.73 Å². The van der Waals surface area contributed by atoms with Crippen LogP contribution in [0, 0.1) is 0 Å². The second-order valence-corrected chi connectivity index (χ2v) is 1.81. The summed E-state index contributed by atoms with van der Waals surface area (Å²) >= 11 is 8.53. The molecule has 0 saturated carbocycles. The van der Waals surface area contributed by atoms with Gasteiger partial charge in [0, 0.05) is 18.1 Å². The summed E-state index contributed by atoms with van der Waals surface area (Å²) < 4.78 is 3.19. The van der Waals surface area contributed by atoms with Crippen molar-refractivity contribution in [3.8, 4) is 0 Å². The second-order valence-electron chi connectivity index (χ2n) is 1.34. The van der Waals surface area contributed by atoms with Crippen molar-refractivity contribution in [2.24, 2.45) is 0 Å². The predicted molar refractivity (Wildman–Crippen MR) is 50.0 cm³/mol. The van der Waals surface area contributed by atoms with E-state index in [0.29, 0.717) is 0 Å². The molecule has 1 aromatic heterocycles. The molecule has 0 amide bonds. The number of rotatable bonds is 0. The Morgan fingerprint density at radius 3 is 1.82 bits per heavy atom. The van der Waals surface area contributed by atoms with E-state index in [2.05, 4.69) is 32.6 Å². The number of hydrogen-bond acceptors (Lipinski definition) is 3. The number of hydrogen-bond donors (Lipinski definition) is 1. The fourth-order valence-corrected chi connectivity index (χ4v) is 0.363. The Hall–Kier alpha value is 0.00948. The van der Waals surface area contributed by atoms with Gasteiger partial charge in [-0.25, -0.2) is 0 Å². The molecule has 0 saturated heterocycles. The minimum atomic E-state index is 0. The van der Waals surface area contributed by atoms with Gasteiger partial charge in [0.1, 0.15) is 0 Å². The zero-order chi connectivity index (χ0) is 7.82. The van der Waals surface area contributed by atoms with Gasteiger partial charge in [-0.15, -0.1) is 0 Å². The van der Waals surface area contributed by atoms with Crippen LogP contribution in [0.5, 0.6) is 0 Å². The number of halogens is 2. The van der Waals surface area contributed by atoms with Gasteiger partial charge in [-0.1, -0.05) is 0 Å². The first kappa shape index (κ1) is 13.6. The van der Waals surface area contributed by atoms with Crippen molar-refractivity contribution in [1.29, 1.82) is 0 Å². The van der Waals surface area contributed by atoms with Crippen LogP contribution in [-0.4, -0.2) is 22.1 Å². The molecule has 2 N–H and O–H groups in total. The first-order chi connectivity index (χ1) is 4.81. The Kier molecular flexibility index (Phi) is 12.4. The van der Waals surface area contributed by atoms with Crippen molar-refractivity contribution in [2.45, 2.75) is 0 Å². The Balaban J connectivity index is 0. The molecule has 0 aromatic carbocycles. The summed E-state index contributed by atoms with van der Waals surface area (Å²) in [5.74, 6) is 0. The molecule has 1 heterocycles. The number of pyridine rings is 1. The average molecular weight is 262 g/mol. The normalized spacial score (nSPS) is 7.09. The Bertz CT molecular complexity index is 164. The van der Waals surface area contributed by atoms with Crippen LogP contribution in [0.2, 0.25) is 0 Å². The molecule has 0 aliphatic carbocycles. The standard InChI is InChI=1S/C5H6N2.Cl2O.H2Se/c6-5-1-3-7-4-2-5;1-3-2;/h1-4H,(H2,6,7);;1H2. The number of nitrogens with zero attached hydrogens (tertiary/aromatic N) is 1. The van der Waals surface area contributed by atoms with Gasteiger partial charge >= 0.3 is 17.1 Å². The van der Waals surface area contributed by atoms with Gasteiger partial charge in [0.25, 0.3) is 0 Å². The zero-order valence-corrected chi connectivity index (χ0v) is 9.11. The van der Waals surface area contributed by atoms with Gasteiger partial charge in [0.05, 0.1) is 23.7 Å². The van der Waals surface area contributed by atoms with E-state index in [1.54, 1.807) is 24.5 Å².